The van der Waals surface area contributed by atoms with Crippen molar-refractivity contribution in [2.24, 2.45) is 0 Å². The van der Waals surface area contributed by atoms with Gasteiger partial charge in [-0.3, -0.25) is 9.78 Å². The summed E-state index contributed by atoms with van der Waals surface area (Å²) in [5.74, 6) is 0.212. The van der Waals surface area contributed by atoms with E-state index in [1.165, 1.54) is 0 Å². The van der Waals surface area contributed by atoms with Gasteiger partial charge >= 0.3 is 0 Å². The maximum Gasteiger partial charge on any atom is 0.255 e. The lowest BCUT2D eigenvalue weighted by atomic mass is 10.1. The second kappa shape index (κ2) is 7.56. The Morgan fingerprint density at radius 3 is 2.61 bits per heavy atom. The van der Waals surface area contributed by atoms with E-state index in [4.69, 9.17) is 0 Å². The van der Waals surface area contributed by atoms with E-state index in [1.54, 1.807) is 42.7 Å². The molecule has 4 aromatic rings. The SMILES string of the molecule is N#Cc1ccccc1Nc1cc(C(=O)Nc2cccc3cccnc23)ccn1. The fourth-order valence-corrected chi connectivity index (χ4v) is 2.87. The first kappa shape index (κ1) is 17.2. The number of aromatic nitrogens is 2. The van der Waals surface area contributed by atoms with Crippen molar-refractivity contribution in [1.29, 1.82) is 5.26 Å². The van der Waals surface area contributed by atoms with E-state index < -0.39 is 0 Å². The standard InChI is InChI=1S/C22H15N5O/c23-14-17-5-1-2-8-18(17)26-20-13-16(10-12-24-20)22(28)27-19-9-3-6-15-7-4-11-25-21(15)19/h1-13H,(H,24,26)(H,27,28). The molecule has 0 bridgehead atoms. The Labute approximate surface area is 161 Å². The zero-order valence-electron chi connectivity index (χ0n) is 14.8. The highest BCUT2D eigenvalue weighted by atomic mass is 16.1. The fourth-order valence-electron chi connectivity index (χ4n) is 2.87. The predicted octanol–water partition coefficient (Wildman–Crippen LogP) is 4.50. The molecule has 0 saturated carbocycles. The monoisotopic (exact) mass is 365 g/mol. The number of hydrogen-bond acceptors (Lipinski definition) is 5. The van der Waals surface area contributed by atoms with Crippen LogP contribution in [0.25, 0.3) is 10.9 Å². The van der Waals surface area contributed by atoms with Crippen LogP contribution in [0.15, 0.2) is 79.1 Å². The van der Waals surface area contributed by atoms with Gasteiger partial charge in [-0.05, 0) is 36.4 Å². The zero-order valence-corrected chi connectivity index (χ0v) is 14.8. The zero-order chi connectivity index (χ0) is 19.3. The molecule has 0 atom stereocenters. The highest BCUT2D eigenvalue weighted by molar-refractivity contribution is 6.08. The number of rotatable bonds is 4. The summed E-state index contributed by atoms with van der Waals surface area (Å²) in [6.07, 6.45) is 3.24. The largest absolute Gasteiger partial charge is 0.339 e. The summed E-state index contributed by atoms with van der Waals surface area (Å²) < 4.78 is 0. The highest BCUT2D eigenvalue weighted by Crippen LogP contribution is 2.22. The van der Waals surface area contributed by atoms with Gasteiger partial charge in [-0.1, -0.05) is 30.3 Å². The van der Waals surface area contributed by atoms with E-state index in [2.05, 4.69) is 26.7 Å². The number of nitrogens with one attached hydrogen (secondary N) is 2. The molecule has 0 aliphatic rings. The number of nitrogens with zero attached hydrogens (tertiary/aromatic N) is 3. The molecular weight excluding hydrogens is 350 g/mol. The molecule has 2 aromatic carbocycles. The molecule has 134 valence electrons. The van der Waals surface area contributed by atoms with Crippen molar-refractivity contribution in [3.63, 3.8) is 0 Å². The van der Waals surface area contributed by atoms with Gasteiger partial charge in [-0.25, -0.2) is 4.98 Å². The molecule has 1 amide bonds. The molecule has 2 N–H and O–H groups in total. The summed E-state index contributed by atoms with van der Waals surface area (Å²) in [7, 11) is 0. The average Bonchev–Trinajstić information content (AvgIpc) is 2.74. The Hall–Kier alpha value is -4.24. The Morgan fingerprint density at radius 1 is 0.893 bits per heavy atom. The molecule has 6 heteroatoms. The first-order valence-electron chi connectivity index (χ1n) is 8.62. The third-order valence-corrected chi connectivity index (χ3v) is 4.21. The lowest BCUT2D eigenvalue weighted by molar-refractivity contribution is 0.102. The van der Waals surface area contributed by atoms with Gasteiger partial charge in [-0.2, -0.15) is 5.26 Å². The number of hydrogen-bond donors (Lipinski definition) is 2. The predicted molar refractivity (Wildman–Crippen MR) is 108 cm³/mol. The Balaban J connectivity index is 1.59. The third kappa shape index (κ3) is 3.50. The van der Waals surface area contributed by atoms with Crippen LogP contribution in [0.1, 0.15) is 15.9 Å². The Kier molecular flexibility index (Phi) is 4.64. The van der Waals surface area contributed by atoms with Crippen molar-refractivity contribution >= 4 is 34.0 Å². The lowest BCUT2D eigenvalue weighted by Crippen LogP contribution is -2.13. The highest BCUT2D eigenvalue weighted by Gasteiger charge is 2.11. The molecular formula is C22H15N5O. The molecule has 0 saturated heterocycles. The fraction of sp³-hybridized carbons (Fsp3) is 0. The molecule has 0 radical (unpaired) electrons. The summed E-state index contributed by atoms with van der Waals surface area (Å²) in [5, 5.41) is 16.2. The van der Waals surface area contributed by atoms with Crippen LogP contribution >= 0.6 is 0 Å². The number of fused-ring (bicyclic) bond motifs is 1. The van der Waals surface area contributed by atoms with Gasteiger partial charge in [0, 0.05) is 23.3 Å². The summed E-state index contributed by atoms with van der Waals surface area (Å²) in [5.41, 5.74) is 2.95. The lowest BCUT2D eigenvalue weighted by Gasteiger charge is -2.10. The molecule has 2 heterocycles. The minimum absolute atomic E-state index is 0.267. The Bertz CT molecular complexity index is 1210. The molecule has 0 fully saturated rings. The molecule has 0 aliphatic carbocycles. The molecule has 6 nitrogen and oxygen atoms in total. The normalized spacial score (nSPS) is 10.2. The smallest absolute Gasteiger partial charge is 0.255 e. The van der Waals surface area contributed by atoms with Gasteiger partial charge in [-0.15, -0.1) is 0 Å². The van der Waals surface area contributed by atoms with Gasteiger partial charge in [0.15, 0.2) is 0 Å². The summed E-state index contributed by atoms with van der Waals surface area (Å²) >= 11 is 0. The van der Waals surface area contributed by atoms with Crippen LogP contribution in [0, 0.1) is 11.3 Å². The molecule has 28 heavy (non-hydrogen) atoms. The quantitative estimate of drug-likeness (QED) is 0.556. The number of carbonyl (C=O) groups is 1. The van der Waals surface area contributed by atoms with Gasteiger partial charge in [0.2, 0.25) is 0 Å². The number of anilines is 3. The van der Waals surface area contributed by atoms with Crippen LogP contribution in [0.4, 0.5) is 17.2 Å². The summed E-state index contributed by atoms with van der Waals surface area (Å²) in [6.45, 7) is 0. The average molecular weight is 365 g/mol. The number of carbonyl (C=O) groups excluding carboxylic acids is 1. The van der Waals surface area contributed by atoms with Crippen molar-refractivity contribution < 1.29 is 4.79 Å². The van der Waals surface area contributed by atoms with Gasteiger partial charge < -0.3 is 10.6 Å². The van der Waals surface area contributed by atoms with Crippen molar-refractivity contribution in [2.45, 2.75) is 0 Å². The second-order valence-corrected chi connectivity index (χ2v) is 6.05. The molecule has 0 spiro atoms. The van der Waals surface area contributed by atoms with Gasteiger partial charge in [0.05, 0.1) is 22.5 Å². The Morgan fingerprint density at radius 2 is 1.71 bits per heavy atom. The third-order valence-electron chi connectivity index (χ3n) is 4.21. The van der Waals surface area contributed by atoms with Crippen LogP contribution in [-0.4, -0.2) is 15.9 Å². The van der Waals surface area contributed by atoms with E-state index in [0.717, 1.165) is 10.9 Å². The number of pyridine rings is 2. The van der Waals surface area contributed by atoms with Crippen LogP contribution in [0.3, 0.4) is 0 Å². The maximum atomic E-state index is 12.7. The first-order chi connectivity index (χ1) is 13.7. The van der Waals surface area contributed by atoms with Crippen LogP contribution in [-0.2, 0) is 0 Å². The van der Waals surface area contributed by atoms with Crippen molar-refractivity contribution in [3.05, 3.63) is 90.3 Å². The molecule has 0 aliphatic heterocycles. The van der Waals surface area contributed by atoms with Crippen molar-refractivity contribution in [3.8, 4) is 6.07 Å². The van der Waals surface area contributed by atoms with E-state index in [9.17, 15) is 10.1 Å². The van der Waals surface area contributed by atoms with Crippen LogP contribution < -0.4 is 10.6 Å². The van der Waals surface area contributed by atoms with Crippen molar-refractivity contribution in [2.75, 3.05) is 10.6 Å². The minimum atomic E-state index is -0.267. The minimum Gasteiger partial charge on any atom is -0.339 e. The van der Waals surface area contributed by atoms with E-state index in [1.807, 2.05) is 36.4 Å². The second-order valence-electron chi connectivity index (χ2n) is 6.05. The summed E-state index contributed by atoms with van der Waals surface area (Å²) in [4.78, 5) is 21.3. The number of nitriles is 1. The number of benzene rings is 2. The van der Waals surface area contributed by atoms with Crippen molar-refractivity contribution in [1.82, 2.24) is 9.97 Å². The van der Waals surface area contributed by atoms with E-state index in [0.29, 0.717) is 28.3 Å². The first-order valence-corrected chi connectivity index (χ1v) is 8.62. The molecule has 0 unspecified atom stereocenters. The maximum absolute atomic E-state index is 12.7. The summed E-state index contributed by atoms with van der Waals surface area (Å²) in [6, 6.07) is 22.0. The van der Waals surface area contributed by atoms with E-state index >= 15 is 0 Å². The van der Waals surface area contributed by atoms with Gasteiger partial charge in [0.25, 0.3) is 5.91 Å². The number of amides is 1. The van der Waals surface area contributed by atoms with Crippen LogP contribution in [0.2, 0.25) is 0 Å². The van der Waals surface area contributed by atoms with Gasteiger partial charge in [0.1, 0.15) is 11.9 Å². The number of para-hydroxylation sites is 2. The molecule has 4 rings (SSSR count). The molecule has 2 aromatic heterocycles. The topological polar surface area (TPSA) is 90.7 Å². The van der Waals surface area contributed by atoms with Crippen LogP contribution in [0.5, 0.6) is 0 Å². The van der Waals surface area contributed by atoms with E-state index in [-0.39, 0.29) is 5.91 Å².